The number of rotatable bonds is 1. The summed E-state index contributed by atoms with van der Waals surface area (Å²) >= 11 is 0. The minimum atomic E-state index is -0.663. The largest absolute Gasteiger partial charge is 0.518 e. The fourth-order valence-corrected chi connectivity index (χ4v) is 1.56. The van der Waals surface area contributed by atoms with Crippen LogP contribution in [0.2, 0.25) is 0 Å². The van der Waals surface area contributed by atoms with E-state index in [0.29, 0.717) is 5.56 Å². The van der Waals surface area contributed by atoms with Gasteiger partial charge in [-0.1, -0.05) is 17.7 Å². The maximum atomic E-state index is 11.7. The molecule has 2 rings (SSSR count). The van der Waals surface area contributed by atoms with E-state index in [0.717, 1.165) is 10.1 Å². The van der Waals surface area contributed by atoms with Gasteiger partial charge in [0.2, 0.25) is 0 Å². The fraction of sp³-hybridized carbons (Fsp3) is 0.250. The van der Waals surface area contributed by atoms with Gasteiger partial charge in [0.15, 0.2) is 0 Å². The van der Waals surface area contributed by atoms with Gasteiger partial charge in [-0.05, 0) is 19.1 Å². The van der Waals surface area contributed by atoms with Crippen LogP contribution in [0.4, 0.5) is 0 Å². The zero-order valence-corrected chi connectivity index (χ0v) is 9.93. The summed E-state index contributed by atoms with van der Waals surface area (Å²) in [4.78, 5) is 23.2. The SMILES string of the molecule is Cc1ccc(-c2oc(=O)n(C)c(=O)[n+]2C)cc1. The predicted molar refractivity (Wildman–Crippen MR) is 61.6 cm³/mol. The summed E-state index contributed by atoms with van der Waals surface area (Å²) in [6, 6.07) is 7.42. The van der Waals surface area contributed by atoms with Gasteiger partial charge in [-0.2, -0.15) is 14.2 Å². The number of aryl methyl sites for hydroxylation is 1. The Kier molecular flexibility index (Phi) is 2.67. The fourth-order valence-electron chi connectivity index (χ4n) is 1.56. The molecule has 0 bridgehead atoms. The van der Waals surface area contributed by atoms with E-state index in [-0.39, 0.29) is 5.89 Å². The Morgan fingerprint density at radius 1 is 1.18 bits per heavy atom. The van der Waals surface area contributed by atoms with Crippen LogP contribution in [-0.4, -0.2) is 4.57 Å². The average Bonchev–Trinajstić information content (AvgIpc) is 2.32. The molecule has 5 nitrogen and oxygen atoms in total. The van der Waals surface area contributed by atoms with Gasteiger partial charge in [0.1, 0.15) is 0 Å². The van der Waals surface area contributed by atoms with Crippen molar-refractivity contribution in [2.24, 2.45) is 14.1 Å². The smallest absolute Gasteiger partial charge is 0.353 e. The Balaban J connectivity index is 2.73. The molecule has 0 spiro atoms. The summed E-state index contributed by atoms with van der Waals surface area (Å²) in [6.07, 6.45) is 0. The van der Waals surface area contributed by atoms with Gasteiger partial charge in [0, 0.05) is 0 Å². The Hall–Kier alpha value is -2.17. The molecule has 0 unspecified atom stereocenters. The molecule has 5 heteroatoms. The van der Waals surface area contributed by atoms with Crippen LogP contribution in [0, 0.1) is 6.92 Å². The summed E-state index contributed by atoms with van der Waals surface area (Å²) in [6.45, 7) is 1.96. The van der Waals surface area contributed by atoms with Crippen molar-refractivity contribution in [1.82, 2.24) is 4.57 Å². The van der Waals surface area contributed by atoms with Crippen molar-refractivity contribution in [1.29, 1.82) is 0 Å². The van der Waals surface area contributed by atoms with Crippen LogP contribution >= 0.6 is 0 Å². The summed E-state index contributed by atoms with van der Waals surface area (Å²) in [5, 5.41) is 0. The van der Waals surface area contributed by atoms with Crippen LogP contribution in [0.3, 0.4) is 0 Å². The Morgan fingerprint density at radius 3 is 2.35 bits per heavy atom. The Labute approximate surface area is 97.6 Å². The van der Waals surface area contributed by atoms with E-state index in [2.05, 4.69) is 0 Å². The molecule has 1 heterocycles. The predicted octanol–water partition coefficient (Wildman–Crippen LogP) is 0.138. The Bertz CT molecular complexity index is 666. The van der Waals surface area contributed by atoms with Crippen LogP contribution in [0.15, 0.2) is 38.3 Å². The highest BCUT2D eigenvalue weighted by atomic mass is 16.4. The van der Waals surface area contributed by atoms with Crippen molar-refractivity contribution in [3.63, 3.8) is 0 Å². The number of aromatic nitrogens is 2. The van der Waals surface area contributed by atoms with Crippen molar-refractivity contribution in [3.8, 4) is 11.5 Å². The molecule has 0 atom stereocenters. The first kappa shape index (κ1) is 11.3. The van der Waals surface area contributed by atoms with E-state index in [9.17, 15) is 9.59 Å². The number of benzene rings is 1. The summed E-state index contributed by atoms with van der Waals surface area (Å²) in [5.74, 6) is -0.401. The molecule has 0 amide bonds. The van der Waals surface area contributed by atoms with Crippen LogP contribution < -0.4 is 16.0 Å². The lowest BCUT2D eigenvalue weighted by Crippen LogP contribution is -2.55. The number of hydrogen-bond acceptors (Lipinski definition) is 3. The first-order valence-corrected chi connectivity index (χ1v) is 5.18. The van der Waals surface area contributed by atoms with Crippen molar-refractivity contribution < 1.29 is 8.98 Å². The lowest BCUT2D eigenvalue weighted by atomic mass is 10.1. The second-order valence-electron chi connectivity index (χ2n) is 3.94. The molecule has 88 valence electrons. The van der Waals surface area contributed by atoms with Gasteiger partial charge in [-0.15, -0.1) is 4.57 Å². The van der Waals surface area contributed by atoms with Gasteiger partial charge >= 0.3 is 17.3 Å². The third-order valence-electron chi connectivity index (χ3n) is 2.63. The van der Waals surface area contributed by atoms with Crippen molar-refractivity contribution >= 4 is 0 Å². The molecular formula is C12H13N2O3+. The topological polar surface area (TPSA) is 56.1 Å². The lowest BCUT2D eigenvalue weighted by Gasteiger charge is -2.01. The summed E-state index contributed by atoms with van der Waals surface area (Å²) < 4.78 is 7.36. The molecule has 2 aromatic rings. The molecule has 0 aliphatic carbocycles. The average molecular weight is 233 g/mol. The van der Waals surface area contributed by atoms with E-state index in [4.69, 9.17) is 4.42 Å². The molecule has 0 fully saturated rings. The van der Waals surface area contributed by atoms with Gasteiger partial charge in [-0.25, -0.2) is 0 Å². The van der Waals surface area contributed by atoms with Gasteiger partial charge < -0.3 is 4.42 Å². The molecule has 0 N–H and O–H groups in total. The second-order valence-corrected chi connectivity index (χ2v) is 3.94. The molecule has 0 radical (unpaired) electrons. The molecule has 0 saturated carbocycles. The Morgan fingerprint density at radius 2 is 1.76 bits per heavy atom. The molecule has 1 aromatic carbocycles. The monoisotopic (exact) mass is 233 g/mol. The van der Waals surface area contributed by atoms with Crippen LogP contribution in [0.25, 0.3) is 11.5 Å². The van der Waals surface area contributed by atoms with E-state index < -0.39 is 11.4 Å². The first-order valence-electron chi connectivity index (χ1n) is 5.18. The van der Waals surface area contributed by atoms with E-state index in [1.807, 2.05) is 31.2 Å². The van der Waals surface area contributed by atoms with Crippen molar-refractivity contribution in [2.45, 2.75) is 6.92 Å². The highest BCUT2D eigenvalue weighted by molar-refractivity contribution is 5.50. The molecular weight excluding hydrogens is 220 g/mol. The number of nitrogens with zero attached hydrogens (tertiary/aromatic N) is 2. The molecule has 1 aromatic heterocycles. The summed E-state index contributed by atoms with van der Waals surface area (Å²) in [7, 11) is 2.95. The normalized spacial score (nSPS) is 10.5. The third-order valence-corrected chi connectivity index (χ3v) is 2.63. The zero-order valence-electron chi connectivity index (χ0n) is 9.93. The van der Waals surface area contributed by atoms with Crippen molar-refractivity contribution in [2.75, 3.05) is 0 Å². The molecule has 0 aliphatic rings. The number of hydrogen-bond donors (Lipinski definition) is 0. The van der Waals surface area contributed by atoms with Crippen LogP contribution in [-0.2, 0) is 14.1 Å². The third kappa shape index (κ3) is 1.91. The maximum Gasteiger partial charge on any atom is 0.518 e. The van der Waals surface area contributed by atoms with Gasteiger partial charge in [0.25, 0.3) is 0 Å². The molecule has 17 heavy (non-hydrogen) atoms. The highest BCUT2D eigenvalue weighted by Crippen LogP contribution is 2.13. The minimum absolute atomic E-state index is 0.262. The molecule has 0 aliphatic heterocycles. The van der Waals surface area contributed by atoms with Gasteiger partial charge in [-0.3, -0.25) is 0 Å². The van der Waals surface area contributed by atoms with E-state index in [1.165, 1.54) is 11.6 Å². The van der Waals surface area contributed by atoms with E-state index >= 15 is 0 Å². The maximum absolute atomic E-state index is 11.7. The molecule has 0 saturated heterocycles. The lowest BCUT2D eigenvalue weighted by molar-refractivity contribution is -0.690. The van der Waals surface area contributed by atoms with Crippen molar-refractivity contribution in [3.05, 3.63) is 50.9 Å². The standard InChI is InChI=1S/C12H13N2O3/c1-8-4-6-9(7-5-8)10-13(2)11(15)14(3)12(16)17-10/h4-7H,1-3H3/q+1. The quantitative estimate of drug-likeness (QED) is 0.658. The van der Waals surface area contributed by atoms with Gasteiger partial charge in [0.05, 0.1) is 19.7 Å². The summed E-state index contributed by atoms with van der Waals surface area (Å²) in [5.41, 5.74) is 1.40. The second kappa shape index (κ2) is 4.01. The van der Waals surface area contributed by atoms with Crippen LogP contribution in [0.5, 0.6) is 0 Å². The first-order chi connectivity index (χ1) is 8.00. The minimum Gasteiger partial charge on any atom is -0.353 e. The van der Waals surface area contributed by atoms with E-state index in [1.54, 1.807) is 7.05 Å². The zero-order chi connectivity index (χ0) is 12.6. The van der Waals surface area contributed by atoms with Crippen LogP contribution in [0.1, 0.15) is 5.56 Å². The highest BCUT2D eigenvalue weighted by Gasteiger charge is 2.18.